The zero-order valence-corrected chi connectivity index (χ0v) is 19.0. The van der Waals surface area contributed by atoms with E-state index in [1.807, 2.05) is 19.1 Å². The zero-order valence-electron chi connectivity index (χ0n) is 18.2. The third-order valence-electron chi connectivity index (χ3n) is 5.52. The number of pyridine rings is 1. The molecule has 1 atom stereocenters. The monoisotopic (exact) mass is 453 g/mol. The standard InChI is InChI=1S/C22H27N7O2S/c1-14-9-16(7-8-23-14)27-22-24-12-19(32-22)21(31)28-18(10-15-5-3-4-6-15)20(30)26-17-11-25-29(2)13-17/h7-9,11-13,15,18H,3-6,10H2,1-2H3,(H,26,30)(H,28,31)(H,23,24,27)/t18-/m0/s1. The zero-order chi connectivity index (χ0) is 22.5. The van der Waals surface area contributed by atoms with Gasteiger partial charge in [-0.05, 0) is 31.4 Å². The number of carbonyl (C=O) groups excluding carboxylic acids is 2. The molecule has 0 aromatic carbocycles. The van der Waals surface area contributed by atoms with E-state index in [4.69, 9.17) is 0 Å². The highest BCUT2D eigenvalue weighted by molar-refractivity contribution is 7.17. The van der Waals surface area contributed by atoms with Crippen molar-refractivity contribution in [3.63, 3.8) is 0 Å². The highest BCUT2D eigenvalue weighted by Gasteiger charge is 2.28. The van der Waals surface area contributed by atoms with Crippen LogP contribution < -0.4 is 16.0 Å². The number of aryl methyl sites for hydroxylation is 2. The molecule has 0 radical (unpaired) electrons. The second-order valence-corrected chi connectivity index (χ2v) is 9.18. The van der Waals surface area contributed by atoms with Crippen molar-refractivity contribution in [3.05, 3.63) is 47.5 Å². The minimum absolute atomic E-state index is 0.228. The van der Waals surface area contributed by atoms with Gasteiger partial charge in [0.1, 0.15) is 10.9 Å². The van der Waals surface area contributed by atoms with Crippen molar-refractivity contribution in [3.8, 4) is 0 Å². The third-order valence-corrected chi connectivity index (χ3v) is 6.43. The summed E-state index contributed by atoms with van der Waals surface area (Å²) in [6.07, 6.45) is 11.7. The van der Waals surface area contributed by atoms with Gasteiger partial charge < -0.3 is 16.0 Å². The molecular formula is C22H27N7O2S. The van der Waals surface area contributed by atoms with Crippen LogP contribution in [0.1, 0.15) is 47.5 Å². The second kappa shape index (κ2) is 9.90. The number of rotatable bonds is 8. The minimum Gasteiger partial charge on any atom is -0.339 e. The average molecular weight is 454 g/mol. The fourth-order valence-electron chi connectivity index (χ4n) is 3.94. The molecule has 4 rings (SSSR count). The highest BCUT2D eigenvalue weighted by Crippen LogP contribution is 2.29. The lowest BCUT2D eigenvalue weighted by Gasteiger charge is -2.20. The molecule has 32 heavy (non-hydrogen) atoms. The average Bonchev–Trinajstić information content (AvgIpc) is 3.51. The van der Waals surface area contributed by atoms with Crippen LogP contribution in [0, 0.1) is 12.8 Å². The number of anilines is 3. The van der Waals surface area contributed by atoms with Crippen LogP contribution in [0.3, 0.4) is 0 Å². The van der Waals surface area contributed by atoms with Gasteiger partial charge in [0.2, 0.25) is 5.91 Å². The van der Waals surface area contributed by atoms with E-state index in [-0.39, 0.29) is 11.8 Å². The Morgan fingerprint density at radius 1 is 1.22 bits per heavy atom. The Hall–Kier alpha value is -3.27. The minimum atomic E-state index is -0.618. The molecule has 0 bridgehead atoms. The molecule has 3 N–H and O–H groups in total. The summed E-state index contributed by atoms with van der Waals surface area (Å²) in [4.78, 5) is 34.8. The van der Waals surface area contributed by atoms with Gasteiger partial charge in [-0.2, -0.15) is 5.10 Å². The number of hydrogen-bond acceptors (Lipinski definition) is 7. The molecular weight excluding hydrogens is 426 g/mol. The molecule has 0 spiro atoms. The third kappa shape index (κ3) is 5.70. The molecule has 1 saturated carbocycles. The largest absolute Gasteiger partial charge is 0.339 e. The molecule has 10 heteroatoms. The quantitative estimate of drug-likeness (QED) is 0.480. The normalized spacial score (nSPS) is 14.8. The van der Waals surface area contributed by atoms with E-state index >= 15 is 0 Å². The predicted octanol–water partition coefficient (Wildman–Crippen LogP) is 3.64. The Kier molecular flexibility index (Phi) is 6.79. The lowest BCUT2D eigenvalue weighted by molar-refractivity contribution is -0.118. The smallest absolute Gasteiger partial charge is 0.263 e. The molecule has 2 amide bonds. The number of aromatic nitrogens is 4. The molecule has 0 aliphatic heterocycles. The molecule has 0 unspecified atom stereocenters. The SMILES string of the molecule is Cc1cc(Nc2ncc(C(=O)N[C@@H](CC3CCCC3)C(=O)Nc3cnn(C)c3)s2)ccn1. The molecule has 1 aliphatic rings. The highest BCUT2D eigenvalue weighted by atomic mass is 32.1. The van der Waals surface area contributed by atoms with Gasteiger partial charge in [-0.15, -0.1) is 0 Å². The summed E-state index contributed by atoms with van der Waals surface area (Å²) >= 11 is 1.25. The number of nitrogens with one attached hydrogen (secondary N) is 3. The van der Waals surface area contributed by atoms with E-state index in [0.29, 0.717) is 28.0 Å². The van der Waals surface area contributed by atoms with Gasteiger partial charge in [0.15, 0.2) is 5.13 Å². The Balaban J connectivity index is 1.43. The van der Waals surface area contributed by atoms with Crippen LogP contribution in [0.4, 0.5) is 16.5 Å². The molecule has 3 aromatic rings. The number of amides is 2. The lowest BCUT2D eigenvalue weighted by atomic mass is 9.97. The fraction of sp³-hybridized carbons (Fsp3) is 0.409. The van der Waals surface area contributed by atoms with Crippen LogP contribution in [-0.2, 0) is 11.8 Å². The Morgan fingerprint density at radius 3 is 2.75 bits per heavy atom. The van der Waals surface area contributed by atoms with Crippen molar-refractivity contribution in [2.45, 2.75) is 45.1 Å². The lowest BCUT2D eigenvalue weighted by Crippen LogP contribution is -2.44. The van der Waals surface area contributed by atoms with E-state index in [0.717, 1.165) is 24.2 Å². The van der Waals surface area contributed by atoms with Gasteiger partial charge in [0.25, 0.3) is 5.91 Å². The van der Waals surface area contributed by atoms with Gasteiger partial charge in [-0.1, -0.05) is 37.0 Å². The van der Waals surface area contributed by atoms with E-state index < -0.39 is 6.04 Å². The summed E-state index contributed by atoms with van der Waals surface area (Å²) in [5.74, 6) is -0.0901. The van der Waals surface area contributed by atoms with Crippen molar-refractivity contribution in [2.75, 3.05) is 10.6 Å². The van der Waals surface area contributed by atoms with Crippen LogP contribution in [0.2, 0.25) is 0 Å². The predicted molar refractivity (Wildman–Crippen MR) is 124 cm³/mol. The van der Waals surface area contributed by atoms with E-state index in [2.05, 4.69) is 31.0 Å². The first kappa shape index (κ1) is 21.9. The first-order valence-electron chi connectivity index (χ1n) is 10.7. The molecule has 0 saturated heterocycles. The summed E-state index contributed by atoms with van der Waals surface area (Å²) in [5, 5.41) is 13.7. The van der Waals surface area contributed by atoms with Gasteiger partial charge in [-0.25, -0.2) is 4.98 Å². The molecule has 1 aliphatic carbocycles. The van der Waals surface area contributed by atoms with Crippen molar-refractivity contribution in [2.24, 2.45) is 13.0 Å². The molecule has 3 aromatic heterocycles. The maximum absolute atomic E-state index is 13.0. The van der Waals surface area contributed by atoms with E-state index in [1.165, 1.54) is 30.4 Å². The summed E-state index contributed by atoms with van der Waals surface area (Å²) in [6, 6.07) is 3.13. The molecule has 168 valence electrons. The van der Waals surface area contributed by atoms with Crippen molar-refractivity contribution in [1.82, 2.24) is 25.1 Å². The maximum atomic E-state index is 13.0. The Labute approximate surface area is 190 Å². The number of hydrogen-bond donors (Lipinski definition) is 3. The van der Waals surface area contributed by atoms with Gasteiger partial charge in [0.05, 0.1) is 18.1 Å². The van der Waals surface area contributed by atoms with Crippen LogP contribution in [0.15, 0.2) is 36.9 Å². The first-order chi connectivity index (χ1) is 15.5. The van der Waals surface area contributed by atoms with Crippen LogP contribution in [0.5, 0.6) is 0 Å². The van der Waals surface area contributed by atoms with E-state index in [9.17, 15) is 9.59 Å². The molecule has 3 heterocycles. The maximum Gasteiger partial charge on any atom is 0.263 e. The summed E-state index contributed by atoms with van der Waals surface area (Å²) in [5.41, 5.74) is 2.35. The fourth-order valence-corrected chi connectivity index (χ4v) is 4.68. The van der Waals surface area contributed by atoms with Crippen LogP contribution >= 0.6 is 11.3 Å². The van der Waals surface area contributed by atoms with Crippen LogP contribution in [0.25, 0.3) is 0 Å². The first-order valence-corrected chi connectivity index (χ1v) is 11.5. The summed E-state index contributed by atoms with van der Waals surface area (Å²) < 4.78 is 1.62. The van der Waals surface area contributed by atoms with E-state index in [1.54, 1.807) is 30.3 Å². The Morgan fingerprint density at radius 2 is 2.03 bits per heavy atom. The number of carbonyl (C=O) groups is 2. The van der Waals surface area contributed by atoms with Gasteiger partial charge in [-0.3, -0.25) is 19.3 Å². The second-order valence-electron chi connectivity index (χ2n) is 8.14. The van der Waals surface area contributed by atoms with Crippen molar-refractivity contribution >= 4 is 39.7 Å². The molecule has 1 fully saturated rings. The van der Waals surface area contributed by atoms with Crippen molar-refractivity contribution < 1.29 is 9.59 Å². The summed E-state index contributed by atoms with van der Waals surface area (Å²) in [7, 11) is 1.79. The number of nitrogens with zero attached hydrogens (tertiary/aromatic N) is 4. The Bertz CT molecular complexity index is 1090. The topological polar surface area (TPSA) is 114 Å². The number of thiazole rings is 1. The van der Waals surface area contributed by atoms with Gasteiger partial charge in [0, 0.05) is 30.8 Å². The summed E-state index contributed by atoms with van der Waals surface area (Å²) in [6.45, 7) is 1.91. The van der Waals surface area contributed by atoms with Crippen molar-refractivity contribution in [1.29, 1.82) is 0 Å². The van der Waals surface area contributed by atoms with Crippen LogP contribution in [-0.4, -0.2) is 37.6 Å². The molecule has 9 nitrogen and oxygen atoms in total. The van der Waals surface area contributed by atoms with Gasteiger partial charge >= 0.3 is 0 Å².